The van der Waals surface area contributed by atoms with Crippen molar-refractivity contribution in [2.75, 3.05) is 6.54 Å². The van der Waals surface area contributed by atoms with Gasteiger partial charge in [-0.05, 0) is 51.0 Å². The highest BCUT2D eigenvalue weighted by atomic mass is 15.2. The van der Waals surface area contributed by atoms with Gasteiger partial charge in [0.15, 0.2) is 0 Å². The molecule has 1 atom stereocenters. The van der Waals surface area contributed by atoms with Crippen molar-refractivity contribution in [3.8, 4) is 0 Å². The average molecular weight is 225 g/mol. The summed E-state index contributed by atoms with van der Waals surface area (Å²) in [5, 5.41) is 0. The van der Waals surface area contributed by atoms with Crippen molar-refractivity contribution >= 4 is 0 Å². The zero-order valence-electron chi connectivity index (χ0n) is 12.6. The van der Waals surface area contributed by atoms with E-state index >= 15 is 0 Å². The van der Waals surface area contributed by atoms with Crippen LogP contribution >= 0.6 is 0 Å². The van der Waals surface area contributed by atoms with Gasteiger partial charge >= 0.3 is 0 Å². The Balaban J connectivity index is 2.96. The molecule has 0 spiro atoms. The first-order chi connectivity index (χ1) is 6.98. The quantitative estimate of drug-likeness (QED) is 0.642. The Kier molecular flexibility index (Phi) is 3.52. The SMILES string of the molecule is CC(C)(C)N1CCCC1C(C)(C)C(C)(C)C. The summed E-state index contributed by atoms with van der Waals surface area (Å²) in [5.74, 6) is 0. The van der Waals surface area contributed by atoms with Crippen molar-refractivity contribution in [1.82, 2.24) is 4.90 Å². The van der Waals surface area contributed by atoms with E-state index in [4.69, 9.17) is 0 Å². The topological polar surface area (TPSA) is 3.24 Å². The maximum Gasteiger partial charge on any atom is 0.0157 e. The number of nitrogens with zero attached hydrogens (tertiary/aromatic N) is 1. The molecule has 0 bridgehead atoms. The van der Waals surface area contributed by atoms with E-state index in [1.54, 1.807) is 0 Å². The van der Waals surface area contributed by atoms with Gasteiger partial charge in [-0.3, -0.25) is 4.90 Å². The predicted octanol–water partition coefficient (Wildman–Crippen LogP) is 4.32. The van der Waals surface area contributed by atoms with Crippen LogP contribution in [0.25, 0.3) is 0 Å². The molecule has 16 heavy (non-hydrogen) atoms. The third-order valence-electron chi connectivity index (χ3n) is 4.88. The summed E-state index contributed by atoms with van der Waals surface area (Å²) in [6.07, 6.45) is 2.73. The van der Waals surface area contributed by atoms with E-state index in [-0.39, 0.29) is 0 Å². The molecule has 1 heterocycles. The minimum atomic E-state index is 0.309. The van der Waals surface area contributed by atoms with Crippen LogP contribution in [0, 0.1) is 10.8 Å². The fourth-order valence-electron chi connectivity index (χ4n) is 2.82. The van der Waals surface area contributed by atoms with Gasteiger partial charge < -0.3 is 0 Å². The Morgan fingerprint density at radius 3 is 1.75 bits per heavy atom. The largest absolute Gasteiger partial charge is 0.295 e. The maximum atomic E-state index is 2.72. The summed E-state index contributed by atoms with van der Waals surface area (Å²) >= 11 is 0. The fraction of sp³-hybridized carbons (Fsp3) is 1.00. The first-order valence-electron chi connectivity index (χ1n) is 6.74. The van der Waals surface area contributed by atoms with Gasteiger partial charge in [-0.25, -0.2) is 0 Å². The second-order valence-electron chi connectivity index (χ2n) is 7.99. The monoisotopic (exact) mass is 225 g/mol. The van der Waals surface area contributed by atoms with Crippen LogP contribution in [-0.4, -0.2) is 23.0 Å². The van der Waals surface area contributed by atoms with Crippen LogP contribution in [0.15, 0.2) is 0 Å². The lowest BCUT2D eigenvalue weighted by molar-refractivity contribution is -0.0127. The molecule has 1 rings (SSSR count). The molecule has 0 radical (unpaired) electrons. The molecule has 1 fully saturated rings. The van der Waals surface area contributed by atoms with E-state index in [1.165, 1.54) is 19.4 Å². The lowest BCUT2D eigenvalue weighted by Gasteiger charge is -2.50. The molecule has 0 aromatic rings. The Hall–Kier alpha value is -0.0400. The van der Waals surface area contributed by atoms with Crippen LogP contribution in [0.2, 0.25) is 0 Å². The van der Waals surface area contributed by atoms with Crippen molar-refractivity contribution in [3.05, 3.63) is 0 Å². The fourth-order valence-corrected chi connectivity index (χ4v) is 2.82. The minimum Gasteiger partial charge on any atom is -0.295 e. The molecule has 1 saturated heterocycles. The number of rotatable bonds is 1. The van der Waals surface area contributed by atoms with E-state index in [1.807, 2.05) is 0 Å². The molecule has 1 aliphatic rings. The molecule has 96 valence electrons. The van der Waals surface area contributed by atoms with Gasteiger partial charge in [0, 0.05) is 11.6 Å². The van der Waals surface area contributed by atoms with E-state index in [0.717, 1.165) is 6.04 Å². The van der Waals surface area contributed by atoms with Crippen molar-refractivity contribution < 1.29 is 0 Å². The highest BCUT2D eigenvalue weighted by molar-refractivity contribution is 5.00. The molecule has 1 unspecified atom stereocenters. The molecular weight excluding hydrogens is 194 g/mol. The van der Waals surface area contributed by atoms with Crippen LogP contribution in [0.3, 0.4) is 0 Å². The minimum absolute atomic E-state index is 0.309. The highest BCUT2D eigenvalue weighted by Crippen LogP contribution is 2.47. The Bertz CT molecular complexity index is 239. The summed E-state index contributed by atoms with van der Waals surface area (Å²) in [6.45, 7) is 20.4. The molecule has 1 nitrogen and oxygen atoms in total. The van der Waals surface area contributed by atoms with Gasteiger partial charge in [0.25, 0.3) is 0 Å². The van der Waals surface area contributed by atoms with E-state index in [0.29, 0.717) is 16.4 Å². The average Bonchev–Trinajstić information content (AvgIpc) is 2.47. The zero-order valence-corrected chi connectivity index (χ0v) is 12.6. The molecular formula is C15H31N. The summed E-state index contributed by atoms with van der Waals surface area (Å²) in [7, 11) is 0. The molecule has 0 aromatic carbocycles. The summed E-state index contributed by atoms with van der Waals surface area (Å²) in [4.78, 5) is 2.72. The van der Waals surface area contributed by atoms with E-state index in [9.17, 15) is 0 Å². The normalized spacial score (nSPS) is 25.1. The Morgan fingerprint density at radius 1 is 0.875 bits per heavy atom. The summed E-state index contributed by atoms with van der Waals surface area (Å²) < 4.78 is 0. The lowest BCUT2D eigenvalue weighted by atomic mass is 9.64. The van der Waals surface area contributed by atoms with E-state index < -0.39 is 0 Å². The number of hydrogen-bond acceptors (Lipinski definition) is 1. The predicted molar refractivity (Wildman–Crippen MR) is 72.7 cm³/mol. The van der Waals surface area contributed by atoms with Crippen LogP contribution in [0.5, 0.6) is 0 Å². The maximum absolute atomic E-state index is 2.72. The molecule has 0 aliphatic carbocycles. The van der Waals surface area contributed by atoms with Crippen LogP contribution < -0.4 is 0 Å². The van der Waals surface area contributed by atoms with Gasteiger partial charge in [-0.15, -0.1) is 0 Å². The van der Waals surface area contributed by atoms with Crippen molar-refractivity contribution in [1.29, 1.82) is 0 Å². The van der Waals surface area contributed by atoms with Gasteiger partial charge in [0.1, 0.15) is 0 Å². The standard InChI is InChI=1S/C15H31N/c1-13(2,3)15(7,8)12-10-9-11-16(12)14(4,5)6/h12H,9-11H2,1-8H3. The summed E-state index contributed by atoms with van der Waals surface area (Å²) in [6, 6.07) is 0.729. The van der Waals surface area contributed by atoms with Crippen LogP contribution in [-0.2, 0) is 0 Å². The second-order valence-corrected chi connectivity index (χ2v) is 7.99. The van der Waals surface area contributed by atoms with Crippen molar-refractivity contribution in [2.24, 2.45) is 10.8 Å². The number of likely N-dealkylation sites (tertiary alicyclic amines) is 1. The third-order valence-corrected chi connectivity index (χ3v) is 4.88. The second kappa shape index (κ2) is 4.01. The number of hydrogen-bond donors (Lipinski definition) is 0. The molecule has 1 heteroatoms. The first kappa shape index (κ1) is 14.0. The zero-order chi connectivity index (χ0) is 12.8. The van der Waals surface area contributed by atoms with Gasteiger partial charge in [-0.2, -0.15) is 0 Å². The van der Waals surface area contributed by atoms with Gasteiger partial charge in [-0.1, -0.05) is 34.6 Å². The Morgan fingerprint density at radius 2 is 1.38 bits per heavy atom. The van der Waals surface area contributed by atoms with Crippen molar-refractivity contribution in [2.45, 2.75) is 79.8 Å². The molecule has 1 aliphatic heterocycles. The van der Waals surface area contributed by atoms with Crippen LogP contribution in [0.1, 0.15) is 68.2 Å². The van der Waals surface area contributed by atoms with Gasteiger partial charge in [0.2, 0.25) is 0 Å². The smallest absolute Gasteiger partial charge is 0.0157 e. The Labute approximate surface area is 103 Å². The first-order valence-corrected chi connectivity index (χ1v) is 6.74. The van der Waals surface area contributed by atoms with E-state index in [2.05, 4.69) is 60.3 Å². The lowest BCUT2D eigenvalue weighted by Crippen LogP contribution is -2.54. The highest BCUT2D eigenvalue weighted by Gasteiger charge is 2.46. The molecule has 0 aromatic heterocycles. The molecule has 0 saturated carbocycles. The van der Waals surface area contributed by atoms with Crippen LogP contribution in [0.4, 0.5) is 0 Å². The molecule has 0 N–H and O–H groups in total. The summed E-state index contributed by atoms with van der Waals surface area (Å²) in [5.41, 5.74) is 1.05. The third kappa shape index (κ3) is 2.45. The van der Waals surface area contributed by atoms with Gasteiger partial charge in [0.05, 0.1) is 0 Å². The molecule has 0 amide bonds. The van der Waals surface area contributed by atoms with Crippen molar-refractivity contribution in [3.63, 3.8) is 0 Å².